The second-order valence-corrected chi connectivity index (χ2v) is 3.87. The summed E-state index contributed by atoms with van der Waals surface area (Å²) in [5.74, 6) is 0.0140. The van der Waals surface area contributed by atoms with Crippen molar-refractivity contribution in [2.45, 2.75) is 25.3 Å². The van der Waals surface area contributed by atoms with E-state index in [1.54, 1.807) is 29.4 Å². The molecule has 0 spiro atoms. The maximum absolute atomic E-state index is 12.1. The molecule has 82 valence electrons. The van der Waals surface area contributed by atoms with Gasteiger partial charge in [-0.05, 0) is 25.0 Å². The minimum absolute atomic E-state index is 0.0140. The van der Waals surface area contributed by atoms with Gasteiger partial charge >= 0.3 is 0 Å². The molecule has 0 N–H and O–H groups in total. The molecule has 1 saturated carbocycles. The third-order valence-electron chi connectivity index (χ3n) is 2.64. The lowest BCUT2D eigenvalue weighted by molar-refractivity contribution is 0.0746. The molecule has 4 nitrogen and oxygen atoms in total. The number of pyridine rings is 1. The molecule has 1 aromatic heterocycles. The van der Waals surface area contributed by atoms with E-state index in [1.165, 1.54) is 0 Å². The number of aromatic nitrogens is 1. The largest absolute Gasteiger partial charge is 0.335 e. The summed E-state index contributed by atoms with van der Waals surface area (Å²) in [6.45, 7) is 0.530. The van der Waals surface area contributed by atoms with Gasteiger partial charge < -0.3 is 4.90 Å². The maximum Gasteiger partial charge on any atom is 0.254 e. The van der Waals surface area contributed by atoms with Crippen LogP contribution in [-0.4, -0.2) is 28.4 Å². The fourth-order valence-corrected chi connectivity index (χ4v) is 1.67. The molecular formula is C12H13N3O. The SMILES string of the molecule is N#CCCN(C(=O)c1ccncc1)C1CC1. The van der Waals surface area contributed by atoms with E-state index in [0.717, 1.165) is 12.8 Å². The molecule has 0 aliphatic heterocycles. The third kappa shape index (κ3) is 2.37. The fourth-order valence-electron chi connectivity index (χ4n) is 1.67. The van der Waals surface area contributed by atoms with Gasteiger partial charge in [-0.2, -0.15) is 5.26 Å². The van der Waals surface area contributed by atoms with Gasteiger partial charge in [0.1, 0.15) is 0 Å². The minimum Gasteiger partial charge on any atom is -0.335 e. The summed E-state index contributed by atoms with van der Waals surface area (Å²) in [5, 5.41) is 8.57. The van der Waals surface area contributed by atoms with Crippen LogP contribution in [0.4, 0.5) is 0 Å². The smallest absolute Gasteiger partial charge is 0.254 e. The Kier molecular flexibility index (Phi) is 3.16. The molecule has 0 saturated heterocycles. The normalized spacial score (nSPS) is 14.2. The average Bonchev–Trinajstić information content (AvgIpc) is 3.15. The molecule has 0 atom stereocenters. The van der Waals surface area contributed by atoms with Gasteiger partial charge in [0.25, 0.3) is 5.91 Å². The average molecular weight is 215 g/mol. The second kappa shape index (κ2) is 4.75. The van der Waals surface area contributed by atoms with E-state index in [-0.39, 0.29) is 5.91 Å². The van der Waals surface area contributed by atoms with Crippen molar-refractivity contribution >= 4 is 5.91 Å². The zero-order valence-corrected chi connectivity index (χ0v) is 8.97. The number of carbonyl (C=O) groups is 1. The van der Waals surface area contributed by atoms with Crippen LogP contribution in [0.1, 0.15) is 29.6 Å². The highest BCUT2D eigenvalue weighted by atomic mass is 16.2. The second-order valence-electron chi connectivity index (χ2n) is 3.87. The monoisotopic (exact) mass is 215 g/mol. The maximum atomic E-state index is 12.1. The molecule has 1 heterocycles. The highest BCUT2D eigenvalue weighted by Crippen LogP contribution is 2.28. The zero-order valence-electron chi connectivity index (χ0n) is 8.97. The summed E-state index contributed by atoms with van der Waals surface area (Å²) in [5.41, 5.74) is 0.653. The summed E-state index contributed by atoms with van der Waals surface area (Å²) in [6, 6.07) is 5.85. The quantitative estimate of drug-likeness (QED) is 0.766. The van der Waals surface area contributed by atoms with Crippen molar-refractivity contribution in [1.29, 1.82) is 5.26 Å². The molecule has 1 aliphatic carbocycles. The number of carbonyl (C=O) groups excluding carboxylic acids is 1. The van der Waals surface area contributed by atoms with Crippen LogP contribution >= 0.6 is 0 Å². The van der Waals surface area contributed by atoms with E-state index in [4.69, 9.17) is 5.26 Å². The predicted octanol–water partition coefficient (Wildman–Crippen LogP) is 1.60. The lowest BCUT2D eigenvalue weighted by Crippen LogP contribution is -2.33. The first kappa shape index (κ1) is 10.6. The van der Waals surface area contributed by atoms with Gasteiger partial charge in [-0.25, -0.2) is 0 Å². The van der Waals surface area contributed by atoms with Crippen LogP contribution < -0.4 is 0 Å². The number of rotatable bonds is 4. The first-order valence-electron chi connectivity index (χ1n) is 5.41. The number of nitriles is 1. The van der Waals surface area contributed by atoms with Crippen molar-refractivity contribution in [3.63, 3.8) is 0 Å². The predicted molar refractivity (Wildman–Crippen MR) is 58.5 cm³/mol. The van der Waals surface area contributed by atoms with E-state index < -0.39 is 0 Å². The molecule has 1 aromatic rings. The van der Waals surface area contributed by atoms with Gasteiger partial charge in [0.05, 0.1) is 12.5 Å². The lowest BCUT2D eigenvalue weighted by Gasteiger charge is -2.20. The Morgan fingerprint density at radius 3 is 2.75 bits per heavy atom. The highest BCUT2D eigenvalue weighted by Gasteiger charge is 2.32. The Hall–Kier alpha value is -1.89. The Balaban J connectivity index is 2.08. The van der Waals surface area contributed by atoms with Crippen LogP contribution in [0.3, 0.4) is 0 Å². The zero-order chi connectivity index (χ0) is 11.4. The van der Waals surface area contributed by atoms with E-state index >= 15 is 0 Å². The van der Waals surface area contributed by atoms with Crippen LogP contribution in [-0.2, 0) is 0 Å². The number of hydrogen-bond acceptors (Lipinski definition) is 3. The molecule has 1 amide bonds. The van der Waals surface area contributed by atoms with Crippen molar-refractivity contribution in [2.24, 2.45) is 0 Å². The van der Waals surface area contributed by atoms with Crippen LogP contribution in [0.25, 0.3) is 0 Å². The first-order valence-corrected chi connectivity index (χ1v) is 5.41. The molecule has 0 aromatic carbocycles. The van der Waals surface area contributed by atoms with Crippen molar-refractivity contribution < 1.29 is 4.79 Å². The third-order valence-corrected chi connectivity index (χ3v) is 2.64. The fraction of sp³-hybridized carbons (Fsp3) is 0.417. The van der Waals surface area contributed by atoms with Crippen molar-refractivity contribution in [1.82, 2.24) is 9.88 Å². The Morgan fingerprint density at radius 1 is 1.50 bits per heavy atom. The summed E-state index contributed by atoms with van der Waals surface area (Å²) in [7, 11) is 0. The van der Waals surface area contributed by atoms with E-state index in [2.05, 4.69) is 11.1 Å². The van der Waals surface area contributed by atoms with E-state index in [1.807, 2.05) is 0 Å². The van der Waals surface area contributed by atoms with E-state index in [0.29, 0.717) is 24.6 Å². The molecule has 4 heteroatoms. The van der Waals surface area contributed by atoms with Gasteiger partial charge in [-0.1, -0.05) is 0 Å². The first-order chi connectivity index (χ1) is 7.83. The summed E-state index contributed by atoms with van der Waals surface area (Å²) in [4.78, 5) is 17.8. The van der Waals surface area contributed by atoms with Gasteiger partial charge in [0.2, 0.25) is 0 Å². The Labute approximate surface area is 94.5 Å². The van der Waals surface area contributed by atoms with Crippen molar-refractivity contribution in [2.75, 3.05) is 6.54 Å². The number of nitrogens with zero attached hydrogens (tertiary/aromatic N) is 3. The van der Waals surface area contributed by atoms with Gasteiger partial charge in [-0.3, -0.25) is 9.78 Å². The Morgan fingerprint density at radius 2 is 2.19 bits per heavy atom. The lowest BCUT2D eigenvalue weighted by atomic mass is 10.2. The molecular weight excluding hydrogens is 202 g/mol. The van der Waals surface area contributed by atoms with Crippen molar-refractivity contribution in [3.8, 4) is 6.07 Å². The number of hydrogen-bond donors (Lipinski definition) is 0. The molecule has 0 bridgehead atoms. The van der Waals surface area contributed by atoms with Crippen LogP contribution in [0.5, 0.6) is 0 Å². The minimum atomic E-state index is 0.0140. The van der Waals surface area contributed by atoms with Gasteiger partial charge in [0.15, 0.2) is 0 Å². The van der Waals surface area contributed by atoms with Gasteiger partial charge in [0, 0.05) is 30.5 Å². The topological polar surface area (TPSA) is 57.0 Å². The number of amides is 1. The molecule has 0 radical (unpaired) electrons. The highest BCUT2D eigenvalue weighted by molar-refractivity contribution is 5.94. The van der Waals surface area contributed by atoms with E-state index in [9.17, 15) is 4.79 Å². The summed E-state index contributed by atoms with van der Waals surface area (Å²) >= 11 is 0. The summed E-state index contributed by atoms with van der Waals surface area (Å²) in [6.07, 6.45) is 5.74. The van der Waals surface area contributed by atoms with Crippen molar-refractivity contribution in [3.05, 3.63) is 30.1 Å². The Bertz CT molecular complexity index is 406. The molecule has 1 fully saturated rings. The van der Waals surface area contributed by atoms with Crippen LogP contribution in [0, 0.1) is 11.3 Å². The summed E-state index contributed by atoms with van der Waals surface area (Å²) < 4.78 is 0. The standard InChI is InChI=1S/C12H13N3O/c13-6-1-9-15(11-2-3-11)12(16)10-4-7-14-8-5-10/h4-5,7-8,11H,1-3,9H2. The van der Waals surface area contributed by atoms with Gasteiger partial charge in [-0.15, -0.1) is 0 Å². The molecule has 1 aliphatic rings. The molecule has 0 unspecified atom stereocenters. The molecule has 16 heavy (non-hydrogen) atoms. The molecule has 2 rings (SSSR count). The van der Waals surface area contributed by atoms with Crippen LogP contribution in [0.2, 0.25) is 0 Å². The van der Waals surface area contributed by atoms with Crippen LogP contribution in [0.15, 0.2) is 24.5 Å².